The smallest absolute Gasteiger partial charge is 0.161 e. The Morgan fingerprint density at radius 3 is 2.75 bits per heavy atom. The average Bonchev–Trinajstić information content (AvgIpc) is 2.92. The summed E-state index contributed by atoms with van der Waals surface area (Å²) in [7, 11) is 0. The average molecular weight is 415 g/mol. The lowest BCUT2D eigenvalue weighted by Crippen LogP contribution is -2.06. The Morgan fingerprint density at radius 1 is 1.20 bits per heavy atom. The quantitative estimate of drug-likeness (QED) is 0.683. The molecule has 20 heavy (non-hydrogen) atoms. The number of hydrogen-bond donors (Lipinski definition) is 1. The number of thioether (sulfide) groups is 1. The molecule has 5 heteroatoms. The van der Waals surface area contributed by atoms with Gasteiger partial charge in [0.15, 0.2) is 5.17 Å². The van der Waals surface area contributed by atoms with Gasteiger partial charge in [0.05, 0.1) is 11.7 Å². The van der Waals surface area contributed by atoms with Crippen LogP contribution in [0.2, 0.25) is 5.02 Å². The minimum atomic E-state index is 0.244. The Balaban J connectivity index is 1.76. The van der Waals surface area contributed by atoms with E-state index in [9.17, 15) is 0 Å². The summed E-state index contributed by atoms with van der Waals surface area (Å²) in [5.74, 6) is 0.983. The number of aliphatic imine (C=N–C) groups is 1. The molecule has 1 aliphatic heterocycles. The van der Waals surface area contributed by atoms with Gasteiger partial charge < -0.3 is 5.32 Å². The molecule has 102 valence electrons. The molecular formula is C15H12ClIN2S. The third-order valence-electron chi connectivity index (χ3n) is 3.01. The van der Waals surface area contributed by atoms with Gasteiger partial charge >= 0.3 is 0 Å². The molecule has 3 rings (SSSR count). The van der Waals surface area contributed by atoms with Crippen molar-refractivity contribution in [2.75, 3.05) is 11.1 Å². The summed E-state index contributed by atoms with van der Waals surface area (Å²) in [5, 5.41) is 5.11. The van der Waals surface area contributed by atoms with E-state index in [1.54, 1.807) is 11.8 Å². The van der Waals surface area contributed by atoms with Crippen LogP contribution in [0.5, 0.6) is 0 Å². The van der Waals surface area contributed by atoms with Gasteiger partial charge in [-0.15, -0.1) is 0 Å². The minimum absolute atomic E-state index is 0.244. The third-order valence-corrected chi connectivity index (χ3v) is 5.10. The molecule has 2 aromatic rings. The molecule has 0 bridgehead atoms. The zero-order valence-electron chi connectivity index (χ0n) is 10.5. The fourth-order valence-electron chi connectivity index (χ4n) is 1.99. The summed E-state index contributed by atoms with van der Waals surface area (Å²) >= 11 is 10.0. The van der Waals surface area contributed by atoms with Crippen LogP contribution in [0.3, 0.4) is 0 Å². The van der Waals surface area contributed by atoms with Crippen molar-refractivity contribution in [1.82, 2.24) is 0 Å². The van der Waals surface area contributed by atoms with Crippen LogP contribution in [0.25, 0.3) is 0 Å². The Morgan fingerprint density at radius 2 is 2.00 bits per heavy atom. The molecule has 0 amide bonds. The van der Waals surface area contributed by atoms with Crippen molar-refractivity contribution < 1.29 is 0 Å². The zero-order chi connectivity index (χ0) is 13.9. The lowest BCUT2D eigenvalue weighted by Gasteiger charge is -2.07. The van der Waals surface area contributed by atoms with E-state index in [1.165, 1.54) is 5.56 Å². The second-order valence-electron chi connectivity index (χ2n) is 4.42. The molecule has 0 saturated heterocycles. The van der Waals surface area contributed by atoms with Crippen molar-refractivity contribution in [1.29, 1.82) is 0 Å². The van der Waals surface area contributed by atoms with Crippen LogP contribution in [0.15, 0.2) is 53.5 Å². The molecule has 1 aliphatic rings. The van der Waals surface area contributed by atoms with E-state index in [0.717, 1.165) is 25.2 Å². The fourth-order valence-corrected chi connectivity index (χ4v) is 3.97. The summed E-state index contributed by atoms with van der Waals surface area (Å²) in [5.41, 5.74) is 2.32. The van der Waals surface area contributed by atoms with E-state index in [1.807, 2.05) is 24.3 Å². The number of halogens is 2. The van der Waals surface area contributed by atoms with Gasteiger partial charge in [0.2, 0.25) is 0 Å². The van der Waals surface area contributed by atoms with Gasteiger partial charge in [0, 0.05) is 14.3 Å². The van der Waals surface area contributed by atoms with Gasteiger partial charge in [-0.1, -0.05) is 53.7 Å². The van der Waals surface area contributed by atoms with Crippen molar-refractivity contribution in [2.24, 2.45) is 4.99 Å². The molecule has 1 atom stereocenters. The monoisotopic (exact) mass is 414 g/mol. The maximum Gasteiger partial charge on any atom is 0.161 e. The Kier molecular flexibility index (Phi) is 4.53. The van der Waals surface area contributed by atoms with Gasteiger partial charge in [-0.25, -0.2) is 0 Å². The number of anilines is 1. The molecule has 0 aliphatic carbocycles. The summed E-state index contributed by atoms with van der Waals surface area (Å²) < 4.78 is 1.10. The topological polar surface area (TPSA) is 24.4 Å². The van der Waals surface area contributed by atoms with Crippen LogP contribution in [0, 0.1) is 3.57 Å². The lowest BCUT2D eigenvalue weighted by atomic mass is 10.1. The molecule has 0 radical (unpaired) electrons. The van der Waals surface area contributed by atoms with Crippen LogP contribution in [0.4, 0.5) is 5.69 Å². The predicted molar refractivity (Wildman–Crippen MR) is 96.9 cm³/mol. The Labute approximate surface area is 141 Å². The lowest BCUT2D eigenvalue weighted by molar-refractivity contribution is 0.849. The molecule has 0 fully saturated rings. The first-order valence-electron chi connectivity index (χ1n) is 6.20. The Hall–Kier alpha value is -0.720. The summed E-state index contributed by atoms with van der Waals surface area (Å²) in [4.78, 5) is 4.75. The summed E-state index contributed by atoms with van der Waals surface area (Å²) in [6.07, 6.45) is 0. The van der Waals surface area contributed by atoms with Crippen molar-refractivity contribution in [3.05, 3.63) is 62.7 Å². The molecule has 1 heterocycles. The first-order valence-corrected chi connectivity index (χ1v) is 8.64. The Bertz CT molecular complexity index is 646. The van der Waals surface area contributed by atoms with Gasteiger partial charge in [-0.2, -0.15) is 0 Å². The first-order chi connectivity index (χ1) is 9.72. The number of rotatable bonds is 2. The number of nitrogens with one attached hydrogen (secondary N) is 1. The highest BCUT2D eigenvalue weighted by atomic mass is 127. The predicted octanol–water partition coefficient (Wildman–Crippen LogP) is 5.20. The third kappa shape index (κ3) is 3.30. The van der Waals surface area contributed by atoms with E-state index in [4.69, 9.17) is 16.6 Å². The molecular weight excluding hydrogens is 403 g/mol. The van der Waals surface area contributed by atoms with Crippen LogP contribution in [0.1, 0.15) is 11.6 Å². The summed E-state index contributed by atoms with van der Waals surface area (Å²) in [6.45, 7) is 0. The van der Waals surface area contributed by atoms with E-state index < -0.39 is 0 Å². The SMILES string of the molecule is Clc1ccc(NC2=NC(c3ccccc3)CS2)c(I)c1. The largest absolute Gasteiger partial charge is 0.334 e. The van der Waals surface area contributed by atoms with Crippen LogP contribution in [-0.2, 0) is 0 Å². The first kappa shape index (κ1) is 14.2. The molecule has 1 N–H and O–H groups in total. The molecule has 0 aromatic heterocycles. The maximum atomic E-state index is 5.97. The second-order valence-corrected chi connectivity index (χ2v) is 7.03. The van der Waals surface area contributed by atoms with Crippen LogP contribution >= 0.6 is 46.0 Å². The fraction of sp³-hybridized carbons (Fsp3) is 0.133. The minimum Gasteiger partial charge on any atom is -0.334 e. The normalized spacial score (nSPS) is 17.9. The highest BCUT2D eigenvalue weighted by Gasteiger charge is 2.20. The van der Waals surface area contributed by atoms with E-state index >= 15 is 0 Å². The summed E-state index contributed by atoms with van der Waals surface area (Å²) in [6, 6.07) is 16.5. The molecule has 2 aromatic carbocycles. The van der Waals surface area contributed by atoms with Gasteiger partial charge in [-0.05, 0) is 46.4 Å². The number of amidine groups is 1. The molecule has 0 spiro atoms. The number of hydrogen-bond acceptors (Lipinski definition) is 3. The number of benzene rings is 2. The van der Waals surface area contributed by atoms with Gasteiger partial charge in [0.1, 0.15) is 0 Å². The van der Waals surface area contributed by atoms with E-state index in [-0.39, 0.29) is 6.04 Å². The highest BCUT2D eigenvalue weighted by molar-refractivity contribution is 14.1. The highest BCUT2D eigenvalue weighted by Crippen LogP contribution is 2.32. The zero-order valence-corrected chi connectivity index (χ0v) is 14.2. The van der Waals surface area contributed by atoms with Crippen molar-refractivity contribution in [3.63, 3.8) is 0 Å². The van der Waals surface area contributed by atoms with Crippen LogP contribution < -0.4 is 5.32 Å². The maximum absolute atomic E-state index is 5.97. The van der Waals surface area contributed by atoms with Crippen molar-refractivity contribution in [2.45, 2.75) is 6.04 Å². The van der Waals surface area contributed by atoms with Crippen LogP contribution in [-0.4, -0.2) is 10.9 Å². The van der Waals surface area contributed by atoms with Gasteiger partial charge in [0.25, 0.3) is 0 Å². The molecule has 1 unspecified atom stereocenters. The van der Waals surface area contributed by atoms with Crippen molar-refractivity contribution >= 4 is 56.8 Å². The van der Waals surface area contributed by atoms with Gasteiger partial charge in [-0.3, -0.25) is 4.99 Å². The molecule has 0 saturated carbocycles. The molecule has 2 nitrogen and oxygen atoms in total. The van der Waals surface area contributed by atoms with Crippen molar-refractivity contribution in [3.8, 4) is 0 Å². The number of nitrogens with zero attached hydrogens (tertiary/aromatic N) is 1. The van der Waals surface area contributed by atoms with E-state index in [2.05, 4.69) is 52.2 Å². The standard InChI is InChI=1S/C15H12ClIN2S/c16-11-6-7-13(12(17)8-11)18-15-19-14(9-20-15)10-4-2-1-3-5-10/h1-8,14H,9H2,(H,18,19). The second kappa shape index (κ2) is 6.37. The van der Waals surface area contributed by atoms with E-state index in [0.29, 0.717) is 0 Å².